The van der Waals surface area contributed by atoms with Gasteiger partial charge in [0.05, 0.1) is 35.5 Å². The van der Waals surface area contributed by atoms with E-state index in [9.17, 15) is 4.79 Å². The molecule has 8 heteroatoms. The Bertz CT molecular complexity index is 1030. The second-order valence-corrected chi connectivity index (χ2v) is 6.31. The number of aryl methyl sites for hydroxylation is 1. The lowest BCUT2D eigenvalue weighted by Crippen LogP contribution is -2.21. The third-order valence-electron chi connectivity index (χ3n) is 4.35. The molecule has 0 aliphatic carbocycles. The van der Waals surface area contributed by atoms with Crippen LogP contribution in [0, 0.1) is 11.3 Å². The van der Waals surface area contributed by atoms with Crippen molar-refractivity contribution in [2.24, 2.45) is 7.05 Å². The minimum atomic E-state index is -0.0274. The lowest BCUT2D eigenvalue weighted by Gasteiger charge is -2.11. The zero-order valence-electron chi connectivity index (χ0n) is 15.5. The summed E-state index contributed by atoms with van der Waals surface area (Å²) in [5.41, 5.74) is 8.21. The topological polar surface area (TPSA) is 119 Å². The molecule has 27 heavy (non-hydrogen) atoms. The van der Waals surface area contributed by atoms with Crippen molar-refractivity contribution in [3.63, 3.8) is 0 Å². The number of nitrogen functional groups attached to an aromatic ring is 1. The van der Waals surface area contributed by atoms with E-state index in [1.165, 1.54) is 6.92 Å². The molecular formula is C19H22N6O2. The number of hydrogen-bond donors (Lipinski definition) is 2. The summed E-state index contributed by atoms with van der Waals surface area (Å²) in [4.78, 5) is 19.8. The molecular weight excluding hydrogens is 344 g/mol. The molecule has 0 spiro atoms. The maximum absolute atomic E-state index is 10.9. The van der Waals surface area contributed by atoms with Gasteiger partial charge in [-0.1, -0.05) is 6.07 Å². The molecule has 8 nitrogen and oxygen atoms in total. The highest BCUT2D eigenvalue weighted by Crippen LogP contribution is 2.34. The highest BCUT2D eigenvalue weighted by molar-refractivity contribution is 6.09. The summed E-state index contributed by atoms with van der Waals surface area (Å²) in [5.74, 6) is 1.65. The molecule has 0 aliphatic rings. The molecule has 0 radical (unpaired) electrons. The van der Waals surface area contributed by atoms with E-state index in [1.807, 2.05) is 29.8 Å². The summed E-state index contributed by atoms with van der Waals surface area (Å²) >= 11 is 0. The van der Waals surface area contributed by atoms with E-state index in [4.69, 9.17) is 15.7 Å². The molecule has 0 unspecified atom stereocenters. The number of unbranched alkanes of at least 4 members (excludes halogenated alkanes) is 1. The van der Waals surface area contributed by atoms with Gasteiger partial charge < -0.3 is 20.4 Å². The number of ether oxygens (including phenoxy) is 1. The molecule has 0 bridgehead atoms. The van der Waals surface area contributed by atoms with E-state index >= 15 is 0 Å². The first-order chi connectivity index (χ1) is 13.0. The minimum absolute atomic E-state index is 0.0274. The van der Waals surface area contributed by atoms with Crippen LogP contribution in [0.5, 0.6) is 5.75 Å². The van der Waals surface area contributed by atoms with Crippen LogP contribution in [0.15, 0.2) is 18.2 Å². The zero-order chi connectivity index (χ0) is 19.4. The first-order valence-corrected chi connectivity index (χ1v) is 8.80. The van der Waals surface area contributed by atoms with Crippen LogP contribution in [-0.2, 0) is 18.3 Å². The number of amides is 1. The summed E-state index contributed by atoms with van der Waals surface area (Å²) < 4.78 is 7.88. The molecule has 0 saturated carbocycles. The van der Waals surface area contributed by atoms with Crippen LogP contribution < -0.4 is 15.8 Å². The van der Waals surface area contributed by atoms with Gasteiger partial charge in [-0.25, -0.2) is 9.97 Å². The number of nitrogens with zero attached hydrogens (tertiary/aromatic N) is 4. The number of fused-ring (bicyclic) bond motifs is 3. The highest BCUT2D eigenvalue weighted by Gasteiger charge is 2.18. The van der Waals surface area contributed by atoms with Crippen LogP contribution in [0.4, 0.5) is 5.82 Å². The molecule has 1 aromatic carbocycles. The lowest BCUT2D eigenvalue weighted by atomic mass is 10.1. The fraction of sp³-hybridized carbons (Fsp3) is 0.368. The Morgan fingerprint density at radius 1 is 1.37 bits per heavy atom. The number of nitriles is 1. The SMILES string of the molecule is CC(=O)NCCCCOc1cccc2nc(N)c3nc(CC#N)n(C)c3c12. The molecule has 0 aliphatic heterocycles. The number of carbonyl (C=O) groups is 1. The fourth-order valence-electron chi connectivity index (χ4n) is 3.07. The van der Waals surface area contributed by atoms with Gasteiger partial charge in [0.15, 0.2) is 5.82 Å². The average Bonchev–Trinajstić information content (AvgIpc) is 2.95. The Morgan fingerprint density at radius 2 is 2.19 bits per heavy atom. The van der Waals surface area contributed by atoms with Gasteiger partial charge in [-0.15, -0.1) is 0 Å². The van der Waals surface area contributed by atoms with Crippen molar-refractivity contribution in [3.05, 3.63) is 24.0 Å². The molecule has 3 rings (SSSR count). The molecule has 2 aromatic heterocycles. The Kier molecular flexibility index (Phi) is 5.41. The molecule has 3 aromatic rings. The number of anilines is 1. The highest BCUT2D eigenvalue weighted by atomic mass is 16.5. The number of nitrogens with one attached hydrogen (secondary N) is 1. The van der Waals surface area contributed by atoms with Crippen molar-refractivity contribution >= 4 is 33.7 Å². The van der Waals surface area contributed by atoms with E-state index in [0.29, 0.717) is 36.1 Å². The van der Waals surface area contributed by atoms with Crippen molar-refractivity contribution in [1.29, 1.82) is 5.26 Å². The summed E-state index contributed by atoms with van der Waals surface area (Å²) in [6, 6.07) is 7.77. The predicted octanol–water partition coefficient (Wildman–Crippen LogP) is 2.06. The van der Waals surface area contributed by atoms with Gasteiger partial charge in [0.2, 0.25) is 5.91 Å². The number of nitrogens with two attached hydrogens (primary N) is 1. The normalized spacial score (nSPS) is 10.9. The summed E-state index contributed by atoms with van der Waals surface area (Å²) in [6.45, 7) is 2.66. The number of aromatic nitrogens is 3. The third kappa shape index (κ3) is 3.77. The van der Waals surface area contributed by atoms with Crippen LogP contribution in [0.1, 0.15) is 25.6 Å². The Balaban J connectivity index is 1.92. The molecule has 0 fully saturated rings. The van der Waals surface area contributed by atoms with E-state index in [2.05, 4.69) is 21.4 Å². The van der Waals surface area contributed by atoms with Gasteiger partial charge >= 0.3 is 0 Å². The first kappa shape index (κ1) is 18.5. The van der Waals surface area contributed by atoms with E-state index in [0.717, 1.165) is 29.3 Å². The molecule has 0 saturated heterocycles. The smallest absolute Gasteiger partial charge is 0.216 e. The number of carbonyl (C=O) groups excluding carboxylic acids is 1. The standard InChI is InChI=1S/C19H22N6O2/c1-12(26)22-10-3-4-11-27-14-7-5-6-13-16(14)18-17(19(21)23-13)24-15(8-9-20)25(18)2/h5-7H,3-4,8,10-11H2,1-2H3,(H2,21,23)(H,22,26). The van der Waals surface area contributed by atoms with Gasteiger partial charge in [0.1, 0.15) is 17.1 Å². The van der Waals surface area contributed by atoms with Crippen LogP contribution in [0.2, 0.25) is 0 Å². The van der Waals surface area contributed by atoms with E-state index < -0.39 is 0 Å². The minimum Gasteiger partial charge on any atom is -0.493 e. The van der Waals surface area contributed by atoms with Crippen LogP contribution in [-0.4, -0.2) is 33.6 Å². The summed E-state index contributed by atoms with van der Waals surface area (Å²) in [6.07, 6.45) is 1.84. The Labute approximate surface area is 156 Å². The number of hydrogen-bond acceptors (Lipinski definition) is 6. The average molecular weight is 366 g/mol. The zero-order valence-corrected chi connectivity index (χ0v) is 15.5. The first-order valence-electron chi connectivity index (χ1n) is 8.80. The summed E-state index contributed by atoms with van der Waals surface area (Å²) in [7, 11) is 1.87. The monoisotopic (exact) mass is 366 g/mol. The predicted molar refractivity (Wildman–Crippen MR) is 103 cm³/mol. The van der Waals surface area contributed by atoms with E-state index in [-0.39, 0.29) is 12.3 Å². The quantitative estimate of drug-likeness (QED) is 0.618. The third-order valence-corrected chi connectivity index (χ3v) is 4.35. The largest absolute Gasteiger partial charge is 0.493 e. The lowest BCUT2D eigenvalue weighted by molar-refractivity contribution is -0.118. The number of rotatable bonds is 7. The number of imidazole rings is 1. The van der Waals surface area contributed by atoms with Gasteiger partial charge in [0, 0.05) is 20.5 Å². The number of benzene rings is 1. The molecule has 0 atom stereocenters. The Morgan fingerprint density at radius 3 is 2.93 bits per heavy atom. The van der Waals surface area contributed by atoms with Gasteiger partial charge in [-0.05, 0) is 25.0 Å². The second kappa shape index (κ2) is 7.91. The maximum Gasteiger partial charge on any atom is 0.216 e. The van der Waals surface area contributed by atoms with Crippen molar-refractivity contribution in [2.75, 3.05) is 18.9 Å². The van der Waals surface area contributed by atoms with Crippen LogP contribution >= 0.6 is 0 Å². The van der Waals surface area contributed by atoms with Crippen molar-refractivity contribution in [2.45, 2.75) is 26.2 Å². The van der Waals surface area contributed by atoms with Crippen LogP contribution in [0.3, 0.4) is 0 Å². The molecule has 3 N–H and O–H groups in total. The number of pyridine rings is 1. The summed E-state index contributed by atoms with van der Waals surface area (Å²) in [5, 5.41) is 12.6. The van der Waals surface area contributed by atoms with Gasteiger partial charge in [-0.2, -0.15) is 5.26 Å². The van der Waals surface area contributed by atoms with Crippen LogP contribution in [0.25, 0.3) is 21.9 Å². The maximum atomic E-state index is 10.9. The van der Waals surface area contributed by atoms with Gasteiger partial charge in [-0.3, -0.25) is 4.79 Å². The molecule has 2 heterocycles. The van der Waals surface area contributed by atoms with Gasteiger partial charge in [0.25, 0.3) is 0 Å². The Hall–Kier alpha value is -3.34. The second-order valence-electron chi connectivity index (χ2n) is 6.31. The molecule has 140 valence electrons. The fourth-order valence-corrected chi connectivity index (χ4v) is 3.07. The van der Waals surface area contributed by atoms with E-state index in [1.54, 1.807) is 0 Å². The van der Waals surface area contributed by atoms with Crippen molar-refractivity contribution < 1.29 is 9.53 Å². The molecule has 1 amide bonds. The van der Waals surface area contributed by atoms with Crippen molar-refractivity contribution in [3.8, 4) is 11.8 Å². The van der Waals surface area contributed by atoms with Crippen molar-refractivity contribution in [1.82, 2.24) is 19.9 Å².